The summed E-state index contributed by atoms with van der Waals surface area (Å²) in [5, 5.41) is 15.0. The Hall–Kier alpha value is -1.89. The third kappa shape index (κ3) is 2.44. The molecule has 0 saturated carbocycles. The smallest absolute Gasteiger partial charge is 0.244 e. The van der Waals surface area contributed by atoms with Crippen LogP contribution in [0.25, 0.3) is 0 Å². The maximum atomic E-state index is 11.9. The Morgan fingerprint density at radius 1 is 1.47 bits per heavy atom. The summed E-state index contributed by atoms with van der Waals surface area (Å²) in [4.78, 5) is 22.8. The first kappa shape index (κ1) is 11.6. The number of aryl methyl sites for hydroxylation is 1. The second-order valence-corrected chi connectivity index (χ2v) is 4.05. The Bertz CT molecular complexity index is 444. The van der Waals surface area contributed by atoms with Gasteiger partial charge >= 0.3 is 0 Å². The van der Waals surface area contributed by atoms with E-state index in [2.05, 4.69) is 26.1 Å². The third-order valence-corrected chi connectivity index (χ3v) is 2.82. The number of hydrogen-bond donors (Lipinski definition) is 4. The molecule has 0 radical (unpaired) electrons. The van der Waals surface area contributed by atoms with E-state index in [1.165, 1.54) is 0 Å². The van der Waals surface area contributed by atoms with Crippen molar-refractivity contribution in [1.29, 1.82) is 0 Å². The highest BCUT2D eigenvalue weighted by Crippen LogP contribution is 2.13. The van der Waals surface area contributed by atoms with Crippen LogP contribution in [0.2, 0.25) is 0 Å². The van der Waals surface area contributed by atoms with Crippen molar-refractivity contribution in [3.8, 4) is 0 Å². The molecule has 92 valence electrons. The number of nitrogens with zero attached hydrogens (tertiary/aromatic N) is 1. The molecular formula is C10H15N5O2. The monoisotopic (exact) mass is 237 g/mol. The summed E-state index contributed by atoms with van der Waals surface area (Å²) < 4.78 is 0. The topological polar surface area (TPSA) is 98.9 Å². The predicted octanol–water partition coefficient (Wildman–Crippen LogP) is -0.947. The Balaban J connectivity index is 1.97. The number of rotatable bonds is 2. The molecule has 0 bridgehead atoms. The fourth-order valence-corrected chi connectivity index (χ4v) is 1.56. The van der Waals surface area contributed by atoms with Gasteiger partial charge in [-0.1, -0.05) is 0 Å². The number of aromatic amines is 1. The molecule has 1 atom stereocenters. The fourth-order valence-electron chi connectivity index (χ4n) is 1.56. The first-order valence-corrected chi connectivity index (χ1v) is 5.40. The number of aromatic nitrogens is 2. The van der Waals surface area contributed by atoms with Crippen molar-refractivity contribution in [3.05, 3.63) is 11.3 Å². The lowest BCUT2D eigenvalue weighted by molar-refractivity contribution is -0.124. The Kier molecular flexibility index (Phi) is 3.10. The van der Waals surface area contributed by atoms with Crippen LogP contribution in [0.5, 0.6) is 0 Å². The quantitative estimate of drug-likeness (QED) is 0.533. The van der Waals surface area contributed by atoms with E-state index in [1.54, 1.807) is 0 Å². The van der Waals surface area contributed by atoms with Crippen molar-refractivity contribution in [2.45, 2.75) is 19.9 Å². The summed E-state index contributed by atoms with van der Waals surface area (Å²) in [5.41, 5.74) is 1.84. The van der Waals surface area contributed by atoms with Crippen LogP contribution in [0.1, 0.15) is 11.3 Å². The number of nitrogens with one attached hydrogen (secondary N) is 4. The lowest BCUT2D eigenvalue weighted by Gasteiger charge is -2.22. The second-order valence-electron chi connectivity index (χ2n) is 4.05. The van der Waals surface area contributed by atoms with Crippen LogP contribution in [-0.4, -0.2) is 41.1 Å². The van der Waals surface area contributed by atoms with Gasteiger partial charge in [-0.2, -0.15) is 5.10 Å². The molecule has 7 nitrogen and oxygen atoms in total. The van der Waals surface area contributed by atoms with Crippen molar-refractivity contribution in [2.75, 3.05) is 18.4 Å². The number of anilines is 1. The molecule has 4 N–H and O–H groups in total. The van der Waals surface area contributed by atoms with E-state index in [0.29, 0.717) is 12.4 Å². The van der Waals surface area contributed by atoms with E-state index >= 15 is 0 Å². The summed E-state index contributed by atoms with van der Waals surface area (Å²) in [6.07, 6.45) is 0. The van der Waals surface area contributed by atoms with Gasteiger partial charge in [0, 0.05) is 17.8 Å². The lowest BCUT2D eigenvalue weighted by atomic mass is 10.2. The van der Waals surface area contributed by atoms with Crippen molar-refractivity contribution in [2.24, 2.45) is 0 Å². The normalized spacial score (nSPS) is 19.9. The SMILES string of the molecule is Cc1[nH]nc(NC(=O)C2CNC(=O)CN2)c1C. The molecule has 1 saturated heterocycles. The molecule has 1 fully saturated rings. The van der Waals surface area contributed by atoms with Gasteiger partial charge in [-0.05, 0) is 13.8 Å². The van der Waals surface area contributed by atoms with E-state index in [-0.39, 0.29) is 18.4 Å². The Morgan fingerprint density at radius 3 is 2.76 bits per heavy atom. The number of amides is 2. The molecule has 2 heterocycles. The van der Waals surface area contributed by atoms with Gasteiger partial charge in [-0.15, -0.1) is 0 Å². The van der Waals surface area contributed by atoms with Crippen LogP contribution in [0.15, 0.2) is 0 Å². The van der Waals surface area contributed by atoms with Gasteiger partial charge in [-0.3, -0.25) is 20.0 Å². The summed E-state index contributed by atoms with van der Waals surface area (Å²) in [6, 6.07) is -0.413. The Labute approximate surface area is 98.4 Å². The van der Waals surface area contributed by atoms with Crippen molar-refractivity contribution < 1.29 is 9.59 Å². The summed E-state index contributed by atoms with van der Waals surface area (Å²) in [5.74, 6) is 0.242. The molecule has 0 aliphatic carbocycles. The summed E-state index contributed by atoms with van der Waals surface area (Å²) in [7, 11) is 0. The van der Waals surface area contributed by atoms with E-state index in [1.807, 2.05) is 13.8 Å². The number of carbonyl (C=O) groups is 2. The van der Waals surface area contributed by atoms with E-state index < -0.39 is 6.04 Å². The van der Waals surface area contributed by atoms with E-state index in [4.69, 9.17) is 0 Å². The van der Waals surface area contributed by atoms with Crippen LogP contribution in [0, 0.1) is 13.8 Å². The minimum atomic E-state index is -0.413. The first-order chi connectivity index (χ1) is 8.08. The molecule has 2 rings (SSSR count). The summed E-state index contributed by atoms with van der Waals surface area (Å²) in [6.45, 7) is 4.23. The van der Waals surface area contributed by atoms with Gasteiger partial charge in [0.25, 0.3) is 0 Å². The highest BCUT2D eigenvalue weighted by molar-refractivity contribution is 5.96. The molecular weight excluding hydrogens is 222 g/mol. The standard InChI is InChI=1S/C10H15N5O2/c1-5-6(2)14-15-9(5)13-10(17)7-3-12-8(16)4-11-7/h7,11H,3-4H2,1-2H3,(H,12,16)(H2,13,14,15,17). The lowest BCUT2D eigenvalue weighted by Crippen LogP contribution is -2.56. The Morgan fingerprint density at radius 2 is 2.24 bits per heavy atom. The maximum Gasteiger partial charge on any atom is 0.244 e. The zero-order chi connectivity index (χ0) is 12.4. The molecule has 1 aliphatic rings. The molecule has 0 spiro atoms. The summed E-state index contributed by atoms with van der Waals surface area (Å²) >= 11 is 0. The van der Waals surface area contributed by atoms with Gasteiger partial charge in [0.15, 0.2) is 5.82 Å². The van der Waals surface area contributed by atoms with Crippen LogP contribution in [0.3, 0.4) is 0 Å². The van der Waals surface area contributed by atoms with Crippen molar-refractivity contribution in [1.82, 2.24) is 20.8 Å². The van der Waals surface area contributed by atoms with Crippen LogP contribution < -0.4 is 16.0 Å². The molecule has 17 heavy (non-hydrogen) atoms. The first-order valence-electron chi connectivity index (χ1n) is 5.40. The van der Waals surface area contributed by atoms with Gasteiger partial charge in [0.1, 0.15) is 6.04 Å². The molecule has 1 aromatic heterocycles. The minimum absolute atomic E-state index is 0.0964. The average Bonchev–Trinajstić information content (AvgIpc) is 2.62. The van der Waals surface area contributed by atoms with Gasteiger partial charge in [-0.25, -0.2) is 0 Å². The van der Waals surface area contributed by atoms with Gasteiger partial charge in [0.05, 0.1) is 6.54 Å². The van der Waals surface area contributed by atoms with E-state index in [9.17, 15) is 9.59 Å². The molecule has 1 aromatic rings. The molecule has 1 unspecified atom stereocenters. The highest BCUT2D eigenvalue weighted by atomic mass is 16.2. The van der Waals surface area contributed by atoms with Crippen LogP contribution in [-0.2, 0) is 9.59 Å². The molecule has 7 heteroatoms. The average molecular weight is 237 g/mol. The third-order valence-electron chi connectivity index (χ3n) is 2.82. The minimum Gasteiger partial charge on any atom is -0.353 e. The number of H-pyrrole nitrogens is 1. The number of carbonyl (C=O) groups excluding carboxylic acids is 2. The maximum absolute atomic E-state index is 11.9. The number of piperazine rings is 1. The second kappa shape index (κ2) is 4.54. The van der Waals surface area contributed by atoms with E-state index in [0.717, 1.165) is 11.3 Å². The zero-order valence-electron chi connectivity index (χ0n) is 9.76. The molecule has 0 aromatic carbocycles. The van der Waals surface area contributed by atoms with Crippen LogP contribution in [0.4, 0.5) is 5.82 Å². The van der Waals surface area contributed by atoms with Crippen molar-refractivity contribution in [3.63, 3.8) is 0 Å². The predicted molar refractivity (Wildman–Crippen MR) is 61.5 cm³/mol. The molecule has 1 aliphatic heterocycles. The van der Waals surface area contributed by atoms with Crippen LogP contribution >= 0.6 is 0 Å². The fraction of sp³-hybridized carbons (Fsp3) is 0.500. The van der Waals surface area contributed by atoms with Gasteiger partial charge in [0.2, 0.25) is 11.8 Å². The zero-order valence-corrected chi connectivity index (χ0v) is 9.76. The van der Waals surface area contributed by atoms with Gasteiger partial charge < -0.3 is 10.6 Å². The van der Waals surface area contributed by atoms with Crippen molar-refractivity contribution >= 4 is 17.6 Å². The highest BCUT2D eigenvalue weighted by Gasteiger charge is 2.24. The largest absolute Gasteiger partial charge is 0.353 e. The molecule has 2 amide bonds. The number of hydrogen-bond acceptors (Lipinski definition) is 4.